The smallest absolute Gasteiger partial charge is 0.339 e. The minimum atomic E-state index is -1.06. The van der Waals surface area contributed by atoms with Gasteiger partial charge < -0.3 is 20.2 Å². The Hall–Kier alpha value is -4.72. The molecule has 0 saturated heterocycles. The summed E-state index contributed by atoms with van der Waals surface area (Å²) in [4.78, 5) is 42.4. The number of rotatable bonds is 6. The van der Waals surface area contributed by atoms with Crippen LogP contribution in [0, 0.1) is 0 Å². The van der Waals surface area contributed by atoms with Crippen molar-refractivity contribution >= 4 is 46.0 Å². The Labute approximate surface area is 213 Å². The van der Waals surface area contributed by atoms with Crippen molar-refractivity contribution < 1.29 is 23.5 Å². The molecule has 2 aromatic heterocycles. The quantitative estimate of drug-likeness (QED) is 0.363. The van der Waals surface area contributed by atoms with Gasteiger partial charge in [-0.1, -0.05) is 18.2 Å². The molecule has 0 fully saturated rings. The highest BCUT2D eigenvalue weighted by atomic mass is 16.5. The van der Waals surface area contributed by atoms with Crippen LogP contribution >= 0.6 is 0 Å². The molecule has 1 aliphatic carbocycles. The third-order valence-electron chi connectivity index (χ3n) is 6.32. The molecule has 0 aliphatic heterocycles. The van der Waals surface area contributed by atoms with E-state index < -0.39 is 23.9 Å². The van der Waals surface area contributed by atoms with Crippen molar-refractivity contribution in [1.29, 1.82) is 0 Å². The summed E-state index contributed by atoms with van der Waals surface area (Å²) in [5.74, 6) is -0.919. The molecule has 0 spiro atoms. The van der Waals surface area contributed by atoms with E-state index in [0.29, 0.717) is 34.1 Å². The molecule has 0 bridgehead atoms. The molecule has 186 valence electrons. The number of benzene rings is 2. The van der Waals surface area contributed by atoms with Gasteiger partial charge in [-0.05, 0) is 85.9 Å². The van der Waals surface area contributed by atoms with Crippen molar-refractivity contribution in [1.82, 2.24) is 4.98 Å². The van der Waals surface area contributed by atoms with Gasteiger partial charge in [0.15, 0.2) is 6.10 Å². The maximum absolute atomic E-state index is 13.5. The highest BCUT2D eigenvalue weighted by Crippen LogP contribution is 2.36. The second kappa shape index (κ2) is 10.1. The zero-order valence-corrected chi connectivity index (χ0v) is 20.2. The number of anilines is 1. The van der Waals surface area contributed by atoms with E-state index >= 15 is 0 Å². The Balaban J connectivity index is 1.44. The summed E-state index contributed by atoms with van der Waals surface area (Å²) in [6, 6.07) is 17.3. The molecule has 0 saturated carbocycles. The molecule has 3 N–H and O–H groups in total. The summed E-state index contributed by atoms with van der Waals surface area (Å²) in [6.45, 7) is 1.52. The molecule has 1 atom stereocenters. The molecule has 4 aromatic rings. The number of nitrogens with one attached hydrogen (secondary N) is 1. The molecule has 1 unspecified atom stereocenters. The van der Waals surface area contributed by atoms with Gasteiger partial charge >= 0.3 is 5.97 Å². The number of carbonyl (C=O) groups is 3. The zero-order valence-electron chi connectivity index (χ0n) is 20.2. The van der Waals surface area contributed by atoms with Gasteiger partial charge in [-0.25, -0.2) is 9.78 Å². The van der Waals surface area contributed by atoms with Gasteiger partial charge in [0.05, 0.1) is 23.0 Å². The third kappa shape index (κ3) is 4.99. The molecule has 2 aromatic carbocycles. The van der Waals surface area contributed by atoms with Crippen LogP contribution in [0.25, 0.3) is 22.6 Å². The van der Waals surface area contributed by atoms with Gasteiger partial charge in [0.2, 0.25) is 5.91 Å². The maximum Gasteiger partial charge on any atom is 0.339 e. The van der Waals surface area contributed by atoms with Gasteiger partial charge in [0.1, 0.15) is 5.76 Å². The number of esters is 1. The van der Waals surface area contributed by atoms with Crippen LogP contribution in [0.4, 0.5) is 5.69 Å². The van der Waals surface area contributed by atoms with Crippen molar-refractivity contribution in [2.45, 2.75) is 32.3 Å². The first-order chi connectivity index (χ1) is 17.9. The number of nitrogens with two attached hydrogens (primary N) is 1. The topological polar surface area (TPSA) is 125 Å². The summed E-state index contributed by atoms with van der Waals surface area (Å²) in [6.07, 6.45) is 4.82. The molecule has 0 radical (unpaired) electrons. The number of para-hydroxylation sites is 1. The Bertz CT molecular complexity index is 1520. The number of allylic oxidation sites excluding steroid dienone is 1. The lowest BCUT2D eigenvalue weighted by Gasteiger charge is -2.23. The summed E-state index contributed by atoms with van der Waals surface area (Å²) in [5, 5.41) is 3.38. The number of hydrogen-bond acceptors (Lipinski definition) is 6. The number of aromatic nitrogens is 1. The van der Waals surface area contributed by atoms with Gasteiger partial charge in [-0.3, -0.25) is 9.59 Å². The largest absolute Gasteiger partial charge is 0.465 e. The average Bonchev–Trinajstić information content (AvgIpc) is 3.41. The standard InChI is InChI=1S/C29H25N3O5/c1-17(28(34)31-20-13-11-18(12-14-20)27(30)33)37-29(35)25-22-8-2-3-10-24(22)32-26-19(6-4-9-23(25)26)16-21-7-5-15-36-21/h2-3,5,7-8,10-17H,4,6,9H2,1H3,(H2,30,33)(H,31,34)/b19-16-. The van der Waals surface area contributed by atoms with E-state index in [1.54, 1.807) is 18.4 Å². The Morgan fingerprint density at radius 2 is 1.84 bits per heavy atom. The molecular weight excluding hydrogens is 470 g/mol. The van der Waals surface area contributed by atoms with E-state index in [-0.39, 0.29) is 0 Å². The lowest BCUT2D eigenvalue weighted by molar-refractivity contribution is -0.123. The molecule has 2 heterocycles. The number of amides is 2. The zero-order chi connectivity index (χ0) is 25.9. The van der Waals surface area contributed by atoms with Crippen LogP contribution in [0.3, 0.4) is 0 Å². The molecule has 2 amide bonds. The monoisotopic (exact) mass is 495 g/mol. The normalized spacial score (nSPS) is 14.7. The van der Waals surface area contributed by atoms with Crippen molar-refractivity contribution in [2.24, 2.45) is 5.73 Å². The lowest BCUT2D eigenvalue weighted by Crippen LogP contribution is -2.30. The summed E-state index contributed by atoms with van der Waals surface area (Å²) >= 11 is 0. The summed E-state index contributed by atoms with van der Waals surface area (Å²) in [5.41, 5.74) is 9.68. The number of fused-ring (bicyclic) bond motifs is 2. The minimum absolute atomic E-state index is 0.326. The Morgan fingerprint density at radius 3 is 2.57 bits per heavy atom. The van der Waals surface area contributed by atoms with E-state index in [4.69, 9.17) is 19.9 Å². The number of pyridine rings is 1. The Morgan fingerprint density at radius 1 is 1.05 bits per heavy atom. The summed E-state index contributed by atoms with van der Waals surface area (Å²) < 4.78 is 11.2. The fourth-order valence-electron chi connectivity index (χ4n) is 4.49. The lowest BCUT2D eigenvalue weighted by atomic mass is 9.86. The number of ether oxygens (including phenoxy) is 1. The van der Waals surface area contributed by atoms with Crippen molar-refractivity contribution in [3.63, 3.8) is 0 Å². The second-order valence-corrected chi connectivity index (χ2v) is 8.85. The first kappa shape index (κ1) is 24.0. The van der Waals surface area contributed by atoms with Crippen LogP contribution in [0.5, 0.6) is 0 Å². The third-order valence-corrected chi connectivity index (χ3v) is 6.32. The highest BCUT2D eigenvalue weighted by molar-refractivity contribution is 6.07. The molecule has 37 heavy (non-hydrogen) atoms. The molecule has 1 aliphatic rings. The first-order valence-corrected chi connectivity index (χ1v) is 12.0. The van der Waals surface area contributed by atoms with Gasteiger partial charge in [0.25, 0.3) is 5.91 Å². The van der Waals surface area contributed by atoms with E-state index in [1.807, 2.05) is 42.5 Å². The Kier molecular flexibility index (Phi) is 6.55. The maximum atomic E-state index is 13.5. The van der Waals surface area contributed by atoms with E-state index in [0.717, 1.165) is 35.4 Å². The first-order valence-electron chi connectivity index (χ1n) is 12.0. The number of carbonyl (C=O) groups excluding carboxylic acids is 3. The predicted octanol–water partition coefficient (Wildman–Crippen LogP) is 4.99. The molecular formula is C29H25N3O5. The predicted molar refractivity (Wildman–Crippen MR) is 140 cm³/mol. The van der Waals surface area contributed by atoms with Crippen LogP contribution in [-0.2, 0) is 16.0 Å². The van der Waals surface area contributed by atoms with Crippen molar-refractivity contribution in [3.8, 4) is 0 Å². The van der Waals surface area contributed by atoms with Crippen LogP contribution in [-0.4, -0.2) is 28.9 Å². The minimum Gasteiger partial charge on any atom is -0.465 e. The van der Waals surface area contributed by atoms with E-state index in [2.05, 4.69) is 5.32 Å². The number of furan rings is 1. The van der Waals surface area contributed by atoms with Crippen LogP contribution in [0.2, 0.25) is 0 Å². The van der Waals surface area contributed by atoms with Crippen LogP contribution in [0.15, 0.2) is 71.3 Å². The van der Waals surface area contributed by atoms with Crippen molar-refractivity contribution in [2.75, 3.05) is 5.32 Å². The fourth-order valence-corrected chi connectivity index (χ4v) is 4.49. The number of hydrogen-bond donors (Lipinski definition) is 2. The van der Waals surface area contributed by atoms with E-state index in [9.17, 15) is 14.4 Å². The second-order valence-electron chi connectivity index (χ2n) is 8.85. The van der Waals surface area contributed by atoms with Crippen LogP contribution in [0.1, 0.15) is 57.5 Å². The molecule has 5 rings (SSSR count). The summed E-state index contributed by atoms with van der Waals surface area (Å²) in [7, 11) is 0. The molecule has 8 heteroatoms. The SMILES string of the molecule is CC(OC(=O)c1c2c(nc3ccccc13)/C(=C\c1ccco1)CCC2)C(=O)Nc1ccc(C(N)=O)cc1. The number of primary amides is 1. The van der Waals surface area contributed by atoms with Crippen LogP contribution < -0.4 is 11.1 Å². The van der Waals surface area contributed by atoms with Gasteiger partial charge in [-0.15, -0.1) is 0 Å². The average molecular weight is 496 g/mol. The van der Waals surface area contributed by atoms with E-state index in [1.165, 1.54) is 19.1 Å². The van der Waals surface area contributed by atoms with Gasteiger partial charge in [-0.2, -0.15) is 0 Å². The van der Waals surface area contributed by atoms with Gasteiger partial charge in [0, 0.05) is 16.6 Å². The highest BCUT2D eigenvalue weighted by Gasteiger charge is 2.28. The fraction of sp³-hybridized carbons (Fsp3) is 0.172. The molecule has 8 nitrogen and oxygen atoms in total. The van der Waals surface area contributed by atoms with Crippen molar-refractivity contribution in [3.05, 3.63) is 95.1 Å². The number of nitrogens with zero attached hydrogens (tertiary/aromatic N) is 1.